The fraction of sp³-hybridized carbons (Fsp3) is 0.688. The Kier molecular flexibility index (Phi) is 6.08. The van der Waals surface area contributed by atoms with E-state index in [0.29, 0.717) is 5.92 Å². The Morgan fingerprint density at radius 3 is 2.95 bits per heavy atom. The van der Waals surface area contributed by atoms with E-state index in [0.717, 1.165) is 44.7 Å². The molecule has 21 heavy (non-hydrogen) atoms. The second-order valence-corrected chi connectivity index (χ2v) is 5.93. The number of aliphatic hydroxyl groups excluding tert-OH is 1. The highest BCUT2D eigenvalue weighted by atomic mass is 19.1. The molecule has 1 aliphatic rings. The van der Waals surface area contributed by atoms with E-state index in [1.165, 1.54) is 12.3 Å². The number of nitrogens with one attached hydrogen (secondary N) is 1. The Morgan fingerprint density at radius 2 is 2.33 bits per heavy atom. The largest absolute Gasteiger partial charge is 0.392 e. The molecular formula is C16H26FN3O. The standard InChI is InChI=1S/C16H26FN3O/c1-3-18-15(14-5-4-13(17)10-19-14)7-9-20-8-6-12(2)16(21)11-20/h4-5,10,12,15-16,18,21H,3,6-9,11H2,1-2H3. The van der Waals surface area contributed by atoms with Gasteiger partial charge in [0.25, 0.3) is 0 Å². The number of aromatic nitrogens is 1. The maximum atomic E-state index is 13.0. The molecule has 1 aromatic rings. The molecule has 5 heteroatoms. The number of nitrogens with zero attached hydrogens (tertiary/aromatic N) is 2. The number of rotatable bonds is 6. The molecule has 0 aromatic carbocycles. The molecule has 0 bridgehead atoms. The van der Waals surface area contributed by atoms with E-state index in [4.69, 9.17) is 0 Å². The molecule has 0 spiro atoms. The molecule has 0 amide bonds. The highest BCUT2D eigenvalue weighted by molar-refractivity contribution is 5.10. The van der Waals surface area contributed by atoms with Gasteiger partial charge in [0.2, 0.25) is 0 Å². The van der Waals surface area contributed by atoms with Crippen LogP contribution in [-0.4, -0.2) is 47.3 Å². The second kappa shape index (κ2) is 7.82. The van der Waals surface area contributed by atoms with Crippen molar-refractivity contribution in [3.05, 3.63) is 29.8 Å². The quantitative estimate of drug-likeness (QED) is 0.842. The third kappa shape index (κ3) is 4.73. The Morgan fingerprint density at radius 1 is 1.52 bits per heavy atom. The van der Waals surface area contributed by atoms with Gasteiger partial charge in [-0.2, -0.15) is 0 Å². The summed E-state index contributed by atoms with van der Waals surface area (Å²) >= 11 is 0. The van der Waals surface area contributed by atoms with Crippen LogP contribution in [0.2, 0.25) is 0 Å². The summed E-state index contributed by atoms with van der Waals surface area (Å²) in [5.41, 5.74) is 0.879. The summed E-state index contributed by atoms with van der Waals surface area (Å²) in [7, 11) is 0. The molecule has 1 aliphatic heterocycles. The maximum Gasteiger partial charge on any atom is 0.141 e. The fourth-order valence-corrected chi connectivity index (χ4v) is 2.82. The van der Waals surface area contributed by atoms with E-state index >= 15 is 0 Å². The van der Waals surface area contributed by atoms with Crippen molar-refractivity contribution >= 4 is 0 Å². The summed E-state index contributed by atoms with van der Waals surface area (Å²) < 4.78 is 13.0. The van der Waals surface area contributed by atoms with Gasteiger partial charge in [0.1, 0.15) is 5.82 Å². The lowest BCUT2D eigenvalue weighted by atomic mass is 9.95. The van der Waals surface area contributed by atoms with Crippen LogP contribution in [0.5, 0.6) is 0 Å². The van der Waals surface area contributed by atoms with E-state index in [9.17, 15) is 9.50 Å². The summed E-state index contributed by atoms with van der Waals surface area (Å²) in [6, 6.07) is 3.33. The molecule has 1 saturated heterocycles. The van der Waals surface area contributed by atoms with Crippen LogP contribution in [0.1, 0.15) is 38.4 Å². The summed E-state index contributed by atoms with van der Waals surface area (Å²) in [4.78, 5) is 6.49. The van der Waals surface area contributed by atoms with Crippen LogP contribution in [0, 0.1) is 11.7 Å². The average Bonchev–Trinajstić information content (AvgIpc) is 2.48. The van der Waals surface area contributed by atoms with Gasteiger partial charge in [-0.3, -0.25) is 4.98 Å². The molecule has 4 nitrogen and oxygen atoms in total. The van der Waals surface area contributed by atoms with Crippen molar-refractivity contribution in [2.45, 2.75) is 38.8 Å². The number of hydrogen-bond acceptors (Lipinski definition) is 4. The molecular weight excluding hydrogens is 269 g/mol. The summed E-state index contributed by atoms with van der Waals surface area (Å²) in [6.07, 6.45) is 3.00. The zero-order valence-corrected chi connectivity index (χ0v) is 12.9. The van der Waals surface area contributed by atoms with Gasteiger partial charge in [-0.15, -0.1) is 0 Å². The molecule has 1 fully saturated rings. The minimum absolute atomic E-state index is 0.132. The number of pyridine rings is 1. The molecule has 0 radical (unpaired) electrons. The number of likely N-dealkylation sites (tertiary alicyclic amines) is 1. The Bertz CT molecular complexity index is 426. The first kappa shape index (κ1) is 16.3. The summed E-state index contributed by atoms with van der Waals surface area (Å²) in [6.45, 7) is 7.71. The lowest BCUT2D eigenvalue weighted by Crippen LogP contribution is -2.43. The van der Waals surface area contributed by atoms with Gasteiger partial charge in [0.15, 0.2) is 0 Å². The number of piperidine rings is 1. The van der Waals surface area contributed by atoms with Gasteiger partial charge < -0.3 is 15.3 Å². The normalized spacial score (nSPS) is 25.0. The van der Waals surface area contributed by atoms with Crippen molar-refractivity contribution in [1.82, 2.24) is 15.2 Å². The average molecular weight is 295 g/mol. The maximum absolute atomic E-state index is 13.0. The Balaban J connectivity index is 1.89. The molecule has 3 unspecified atom stereocenters. The minimum atomic E-state index is -0.304. The van der Waals surface area contributed by atoms with Crippen molar-refractivity contribution in [1.29, 1.82) is 0 Å². The van der Waals surface area contributed by atoms with Crippen molar-refractivity contribution in [2.75, 3.05) is 26.2 Å². The zero-order chi connectivity index (χ0) is 15.2. The van der Waals surface area contributed by atoms with Crippen molar-refractivity contribution in [3.8, 4) is 0 Å². The molecule has 3 atom stereocenters. The topological polar surface area (TPSA) is 48.4 Å². The SMILES string of the molecule is CCNC(CCN1CCC(C)C(O)C1)c1ccc(F)cn1. The van der Waals surface area contributed by atoms with Crippen molar-refractivity contribution in [3.63, 3.8) is 0 Å². The molecule has 118 valence electrons. The predicted octanol–water partition coefficient (Wildman–Crippen LogP) is 1.96. The highest BCUT2D eigenvalue weighted by Gasteiger charge is 2.24. The molecule has 0 saturated carbocycles. The van der Waals surface area contributed by atoms with Crippen LogP contribution in [-0.2, 0) is 0 Å². The van der Waals surface area contributed by atoms with Crippen LogP contribution in [0.25, 0.3) is 0 Å². The second-order valence-electron chi connectivity index (χ2n) is 5.93. The first-order valence-corrected chi connectivity index (χ1v) is 7.85. The summed E-state index contributed by atoms with van der Waals surface area (Å²) in [5, 5.41) is 13.4. The smallest absolute Gasteiger partial charge is 0.141 e. The van der Waals surface area contributed by atoms with Gasteiger partial charge in [-0.25, -0.2) is 4.39 Å². The van der Waals surface area contributed by atoms with Crippen LogP contribution in [0.15, 0.2) is 18.3 Å². The third-order valence-corrected chi connectivity index (χ3v) is 4.29. The van der Waals surface area contributed by atoms with Crippen LogP contribution < -0.4 is 5.32 Å². The van der Waals surface area contributed by atoms with E-state index < -0.39 is 0 Å². The van der Waals surface area contributed by atoms with Crippen LogP contribution in [0.3, 0.4) is 0 Å². The number of hydrogen-bond donors (Lipinski definition) is 2. The van der Waals surface area contributed by atoms with Crippen molar-refractivity contribution < 1.29 is 9.50 Å². The van der Waals surface area contributed by atoms with Gasteiger partial charge in [-0.1, -0.05) is 13.8 Å². The molecule has 2 N–H and O–H groups in total. The number of halogens is 1. The third-order valence-electron chi connectivity index (χ3n) is 4.29. The van der Waals surface area contributed by atoms with E-state index in [-0.39, 0.29) is 18.0 Å². The predicted molar refractivity (Wildman–Crippen MR) is 81.5 cm³/mol. The van der Waals surface area contributed by atoms with E-state index in [2.05, 4.69) is 29.0 Å². The first-order chi connectivity index (χ1) is 10.1. The number of aliphatic hydroxyl groups is 1. The van der Waals surface area contributed by atoms with Gasteiger partial charge in [-0.05, 0) is 44.0 Å². The monoisotopic (exact) mass is 295 g/mol. The lowest BCUT2D eigenvalue weighted by molar-refractivity contribution is 0.0277. The molecule has 1 aromatic heterocycles. The molecule has 0 aliphatic carbocycles. The Labute approximate surface area is 126 Å². The van der Waals surface area contributed by atoms with Crippen LogP contribution in [0.4, 0.5) is 4.39 Å². The highest BCUT2D eigenvalue weighted by Crippen LogP contribution is 2.20. The van der Waals surface area contributed by atoms with Gasteiger partial charge in [0.05, 0.1) is 24.0 Å². The first-order valence-electron chi connectivity index (χ1n) is 7.85. The Hall–Kier alpha value is -1.04. The molecule has 2 heterocycles. The van der Waals surface area contributed by atoms with Crippen LogP contribution >= 0.6 is 0 Å². The van der Waals surface area contributed by atoms with Gasteiger partial charge in [0, 0.05) is 13.1 Å². The van der Waals surface area contributed by atoms with Crippen molar-refractivity contribution in [2.24, 2.45) is 5.92 Å². The lowest BCUT2D eigenvalue weighted by Gasteiger charge is -2.35. The summed E-state index contributed by atoms with van der Waals surface area (Å²) in [5.74, 6) is 0.0896. The van der Waals surface area contributed by atoms with Gasteiger partial charge >= 0.3 is 0 Å². The minimum Gasteiger partial charge on any atom is -0.392 e. The van der Waals surface area contributed by atoms with E-state index in [1.807, 2.05) is 0 Å². The fourth-order valence-electron chi connectivity index (χ4n) is 2.82. The molecule has 2 rings (SSSR count). The zero-order valence-electron chi connectivity index (χ0n) is 12.9. The van der Waals surface area contributed by atoms with E-state index in [1.54, 1.807) is 6.07 Å². The number of β-amino-alcohol motifs (C(OH)–C–C–N with tert-alkyl or cyclic N) is 1.